The predicted octanol–water partition coefficient (Wildman–Crippen LogP) is 7.42. The number of phosphoric acid groups is 1. The highest BCUT2D eigenvalue weighted by Crippen LogP contribution is 2.49. The Labute approximate surface area is 245 Å². The van der Waals surface area contributed by atoms with Gasteiger partial charge in [0.05, 0.1) is 46.5 Å². The number of hydrogen-bond donors (Lipinski definition) is 1. The summed E-state index contributed by atoms with van der Waals surface area (Å²) in [6.45, 7) is 6.20. The minimum atomic E-state index is -4.26. The molecule has 1 aliphatic heterocycles. The van der Waals surface area contributed by atoms with Gasteiger partial charge in [0, 0.05) is 25.4 Å². The third-order valence-electron chi connectivity index (χ3n) is 8.35. The maximum Gasteiger partial charge on any atom is 0.472 e. The summed E-state index contributed by atoms with van der Waals surface area (Å²) in [6.07, 6.45) is 20.0. The second-order valence-electron chi connectivity index (χ2n) is 13.1. The Morgan fingerprint density at radius 2 is 1.32 bits per heavy atom. The molecule has 0 radical (unpaired) electrons. The van der Waals surface area contributed by atoms with Crippen LogP contribution in [-0.2, 0) is 27.9 Å². The smallest absolute Gasteiger partial charge is 0.458 e. The zero-order valence-corrected chi connectivity index (χ0v) is 27.1. The topological polar surface area (TPSA) is 91.3 Å². The minimum Gasteiger partial charge on any atom is -0.458 e. The van der Waals surface area contributed by atoms with Crippen LogP contribution in [0.2, 0.25) is 0 Å². The van der Waals surface area contributed by atoms with Crippen LogP contribution in [0.25, 0.3) is 0 Å². The molecule has 40 heavy (non-hydrogen) atoms. The van der Waals surface area contributed by atoms with Crippen molar-refractivity contribution in [2.75, 3.05) is 47.0 Å². The monoisotopic (exact) mass is 590 g/mol. The van der Waals surface area contributed by atoms with Crippen molar-refractivity contribution in [3.63, 3.8) is 0 Å². The first-order valence-corrected chi connectivity index (χ1v) is 17.8. The molecule has 1 saturated heterocycles. The SMILES string of the molecule is CCCCCCCCCCCCCCCCOCC(COP(=O)(O)OC1CC2CC(C1)C[N+](C)(C)C2)OC(C)=O. The van der Waals surface area contributed by atoms with Crippen LogP contribution >= 0.6 is 7.82 Å². The molecule has 8 nitrogen and oxygen atoms in total. The molecule has 1 aliphatic carbocycles. The molecular formula is C31H61NO7P+. The van der Waals surface area contributed by atoms with E-state index in [1.165, 1.54) is 90.4 Å². The van der Waals surface area contributed by atoms with Crippen molar-refractivity contribution in [2.24, 2.45) is 11.8 Å². The van der Waals surface area contributed by atoms with E-state index in [1.54, 1.807) is 0 Å². The molecule has 9 heteroatoms. The normalized spacial score (nSPS) is 24.4. The summed E-state index contributed by atoms with van der Waals surface area (Å²) in [5.74, 6) is 0.539. The molecule has 1 saturated carbocycles. The van der Waals surface area contributed by atoms with Gasteiger partial charge in [-0.3, -0.25) is 13.8 Å². The van der Waals surface area contributed by atoms with Crippen molar-refractivity contribution in [1.82, 2.24) is 0 Å². The molecule has 2 aliphatic rings. The van der Waals surface area contributed by atoms with E-state index in [1.807, 2.05) is 0 Å². The lowest BCUT2D eigenvalue weighted by molar-refractivity contribution is -0.903. The number of unbranched alkanes of at least 4 members (excludes halogenated alkanes) is 13. The summed E-state index contributed by atoms with van der Waals surface area (Å²) >= 11 is 0. The molecule has 0 aromatic heterocycles. The third kappa shape index (κ3) is 16.8. The van der Waals surface area contributed by atoms with Crippen LogP contribution in [0.15, 0.2) is 0 Å². The number of esters is 1. The molecule has 0 amide bonds. The van der Waals surface area contributed by atoms with Gasteiger partial charge in [-0.25, -0.2) is 4.57 Å². The number of rotatable bonds is 23. The summed E-state index contributed by atoms with van der Waals surface area (Å²) in [5.41, 5.74) is 0. The van der Waals surface area contributed by atoms with Crippen molar-refractivity contribution < 1.29 is 37.3 Å². The van der Waals surface area contributed by atoms with Crippen molar-refractivity contribution in [3.05, 3.63) is 0 Å². The van der Waals surface area contributed by atoms with Crippen LogP contribution in [0, 0.1) is 11.8 Å². The van der Waals surface area contributed by atoms with E-state index >= 15 is 0 Å². The fourth-order valence-corrected chi connectivity index (χ4v) is 7.69. The zero-order valence-electron chi connectivity index (χ0n) is 26.2. The Bertz CT molecular complexity index is 718. The average Bonchev–Trinajstić information content (AvgIpc) is 2.85. The number of carbonyl (C=O) groups is 1. The number of piperidine rings is 1. The summed E-state index contributed by atoms with van der Waals surface area (Å²) in [7, 11) is 0.236. The van der Waals surface area contributed by atoms with Gasteiger partial charge in [0.1, 0.15) is 6.10 Å². The van der Waals surface area contributed by atoms with Gasteiger partial charge in [-0.1, -0.05) is 90.4 Å². The van der Waals surface area contributed by atoms with E-state index in [9.17, 15) is 14.3 Å². The molecule has 4 unspecified atom stereocenters. The first kappa shape index (κ1) is 35.7. The van der Waals surface area contributed by atoms with Crippen molar-refractivity contribution >= 4 is 13.8 Å². The number of likely N-dealkylation sites (tertiary alicyclic amines) is 1. The molecule has 0 spiro atoms. The Hall–Kier alpha value is -0.500. The largest absolute Gasteiger partial charge is 0.472 e. The predicted molar refractivity (Wildman–Crippen MR) is 160 cm³/mol. The highest BCUT2D eigenvalue weighted by molar-refractivity contribution is 7.47. The van der Waals surface area contributed by atoms with Crippen molar-refractivity contribution in [3.8, 4) is 0 Å². The van der Waals surface area contributed by atoms with Crippen LogP contribution in [-0.4, -0.2) is 74.6 Å². The average molecular weight is 591 g/mol. The number of carbonyl (C=O) groups excluding carboxylic acids is 1. The van der Waals surface area contributed by atoms with E-state index in [4.69, 9.17) is 18.5 Å². The number of fused-ring (bicyclic) bond motifs is 2. The number of quaternary nitrogens is 1. The van der Waals surface area contributed by atoms with Crippen molar-refractivity contribution in [2.45, 2.75) is 135 Å². The Morgan fingerprint density at radius 1 is 0.825 bits per heavy atom. The second kappa shape index (κ2) is 19.6. The van der Waals surface area contributed by atoms with E-state index in [0.717, 1.165) is 43.3 Å². The fourth-order valence-electron chi connectivity index (χ4n) is 6.72. The fraction of sp³-hybridized carbons (Fsp3) is 0.968. The van der Waals surface area contributed by atoms with Gasteiger partial charge in [0.15, 0.2) is 0 Å². The van der Waals surface area contributed by atoms with Gasteiger partial charge in [-0.15, -0.1) is 0 Å². The van der Waals surface area contributed by atoms with Gasteiger partial charge in [0.25, 0.3) is 0 Å². The Morgan fingerprint density at radius 3 is 1.82 bits per heavy atom. The molecule has 1 heterocycles. The zero-order chi connectivity index (χ0) is 29.3. The van der Waals surface area contributed by atoms with Crippen LogP contribution in [0.3, 0.4) is 0 Å². The van der Waals surface area contributed by atoms with E-state index in [2.05, 4.69) is 21.0 Å². The van der Waals surface area contributed by atoms with Gasteiger partial charge in [-0.05, 0) is 25.7 Å². The summed E-state index contributed by atoms with van der Waals surface area (Å²) in [4.78, 5) is 21.9. The quantitative estimate of drug-likeness (QED) is 0.0573. The van der Waals surface area contributed by atoms with E-state index in [0.29, 0.717) is 18.4 Å². The van der Waals surface area contributed by atoms with E-state index < -0.39 is 19.9 Å². The molecular weight excluding hydrogens is 529 g/mol. The highest BCUT2D eigenvalue weighted by atomic mass is 31.2. The molecule has 1 N–H and O–H groups in total. The standard InChI is InChI=1S/C31H60NO7P/c1-5-6-7-8-9-10-11-12-13-14-15-16-17-18-19-36-25-31(38-27(2)33)26-37-40(34,35)39-30-21-28-20-29(22-30)24-32(3,4)23-28/h28-31H,5-26H2,1-4H3/p+1. The molecule has 0 aromatic carbocycles. The lowest BCUT2D eigenvalue weighted by Crippen LogP contribution is -2.54. The van der Waals surface area contributed by atoms with Gasteiger partial charge < -0.3 is 18.9 Å². The summed E-state index contributed by atoms with van der Waals surface area (Å²) < 4.78 is 35.5. The lowest BCUT2D eigenvalue weighted by Gasteiger charge is -2.46. The molecule has 4 atom stereocenters. The second-order valence-corrected chi connectivity index (χ2v) is 14.5. The number of nitrogens with zero attached hydrogens (tertiary/aromatic N) is 1. The molecule has 2 bridgehead atoms. The third-order valence-corrected chi connectivity index (χ3v) is 9.39. The van der Waals surface area contributed by atoms with Crippen LogP contribution in [0.1, 0.15) is 123 Å². The molecule has 2 fully saturated rings. The first-order valence-electron chi connectivity index (χ1n) is 16.3. The number of ether oxygens (including phenoxy) is 2. The summed E-state index contributed by atoms with van der Waals surface area (Å²) in [6, 6.07) is 0. The van der Waals surface area contributed by atoms with Crippen LogP contribution < -0.4 is 0 Å². The van der Waals surface area contributed by atoms with Gasteiger partial charge in [0.2, 0.25) is 0 Å². The lowest BCUT2D eigenvalue weighted by atomic mass is 9.76. The summed E-state index contributed by atoms with van der Waals surface area (Å²) in [5, 5.41) is 0. The maximum atomic E-state index is 12.7. The Balaban J connectivity index is 1.51. The Kier molecular flexibility index (Phi) is 17.5. The van der Waals surface area contributed by atoms with Gasteiger partial charge >= 0.3 is 13.8 Å². The number of hydrogen-bond acceptors (Lipinski definition) is 6. The molecule has 0 aromatic rings. The van der Waals surface area contributed by atoms with Gasteiger partial charge in [-0.2, -0.15) is 0 Å². The molecule has 236 valence electrons. The van der Waals surface area contributed by atoms with Crippen molar-refractivity contribution in [1.29, 1.82) is 0 Å². The number of phosphoric ester groups is 1. The maximum absolute atomic E-state index is 12.7. The van der Waals surface area contributed by atoms with Crippen LogP contribution in [0.5, 0.6) is 0 Å². The minimum absolute atomic E-state index is 0.138. The van der Waals surface area contributed by atoms with Crippen LogP contribution in [0.4, 0.5) is 0 Å². The van der Waals surface area contributed by atoms with E-state index in [-0.39, 0.29) is 19.3 Å². The molecule has 2 rings (SSSR count). The highest BCUT2D eigenvalue weighted by Gasteiger charge is 2.42. The first-order chi connectivity index (χ1) is 19.1.